The molecule has 0 unspecified atom stereocenters. The first kappa shape index (κ1) is 16.1. The molecule has 0 radical (unpaired) electrons. The van der Waals surface area contributed by atoms with Crippen molar-refractivity contribution in [3.8, 4) is 0 Å². The van der Waals surface area contributed by atoms with E-state index in [9.17, 15) is 14.7 Å². The zero-order valence-corrected chi connectivity index (χ0v) is 13.0. The summed E-state index contributed by atoms with van der Waals surface area (Å²) < 4.78 is 0. The standard InChI is InChI=1S/C15H17Cl2NO3/c16-10-5-6-11(12(17)9-10)13(19)18-15(14(20)21)7-3-1-2-4-8-15/h5-6,9H,1-4,7-8H2,(H,18,19)(H,20,21). The Morgan fingerprint density at radius 1 is 1.10 bits per heavy atom. The van der Waals surface area contributed by atoms with Crippen molar-refractivity contribution in [1.29, 1.82) is 0 Å². The fourth-order valence-electron chi connectivity index (χ4n) is 2.68. The summed E-state index contributed by atoms with van der Waals surface area (Å²) in [6.07, 6.45) is 4.46. The minimum absolute atomic E-state index is 0.217. The molecular formula is C15H17Cl2NO3. The van der Waals surface area contributed by atoms with Gasteiger partial charge in [-0.3, -0.25) is 4.79 Å². The first-order valence-electron chi connectivity index (χ1n) is 6.95. The Labute approximate surface area is 133 Å². The van der Waals surface area contributed by atoms with E-state index in [1.165, 1.54) is 12.1 Å². The predicted molar refractivity (Wildman–Crippen MR) is 82.0 cm³/mol. The summed E-state index contributed by atoms with van der Waals surface area (Å²) in [5.74, 6) is -1.45. The summed E-state index contributed by atoms with van der Waals surface area (Å²) in [5, 5.41) is 12.9. The van der Waals surface area contributed by atoms with Crippen molar-refractivity contribution in [3.63, 3.8) is 0 Å². The average Bonchev–Trinajstić information content (AvgIpc) is 2.65. The van der Waals surface area contributed by atoms with Crippen molar-refractivity contribution < 1.29 is 14.7 Å². The molecule has 1 aliphatic carbocycles. The highest BCUT2D eigenvalue weighted by atomic mass is 35.5. The van der Waals surface area contributed by atoms with Gasteiger partial charge in [-0.05, 0) is 31.0 Å². The number of carboxylic acids is 1. The summed E-state index contributed by atoms with van der Waals surface area (Å²) >= 11 is 11.8. The van der Waals surface area contributed by atoms with Crippen LogP contribution in [0.15, 0.2) is 18.2 Å². The summed E-state index contributed by atoms with van der Waals surface area (Å²) in [6, 6.07) is 4.54. The minimum Gasteiger partial charge on any atom is -0.480 e. The third kappa shape index (κ3) is 3.69. The molecule has 6 heteroatoms. The Morgan fingerprint density at radius 2 is 1.71 bits per heavy atom. The van der Waals surface area contributed by atoms with Crippen molar-refractivity contribution in [2.45, 2.75) is 44.1 Å². The van der Waals surface area contributed by atoms with Crippen LogP contribution in [0.1, 0.15) is 48.9 Å². The molecule has 0 bridgehead atoms. The number of hydrogen-bond acceptors (Lipinski definition) is 2. The number of amides is 1. The molecule has 2 N–H and O–H groups in total. The quantitative estimate of drug-likeness (QED) is 0.826. The van der Waals surface area contributed by atoms with E-state index in [1.54, 1.807) is 6.07 Å². The van der Waals surface area contributed by atoms with Gasteiger partial charge in [0.05, 0.1) is 10.6 Å². The van der Waals surface area contributed by atoms with Crippen molar-refractivity contribution in [1.82, 2.24) is 5.32 Å². The summed E-state index contributed by atoms with van der Waals surface area (Å²) in [4.78, 5) is 24.0. The van der Waals surface area contributed by atoms with Gasteiger partial charge in [-0.1, -0.05) is 48.9 Å². The van der Waals surface area contributed by atoms with Crippen molar-refractivity contribution in [3.05, 3.63) is 33.8 Å². The van der Waals surface area contributed by atoms with Crippen LogP contribution in [0.5, 0.6) is 0 Å². The highest BCUT2D eigenvalue weighted by Gasteiger charge is 2.40. The SMILES string of the molecule is O=C(NC1(C(=O)O)CCCCCC1)c1ccc(Cl)cc1Cl. The van der Waals surface area contributed by atoms with E-state index < -0.39 is 17.4 Å². The van der Waals surface area contributed by atoms with Crippen molar-refractivity contribution in [2.75, 3.05) is 0 Å². The number of carboxylic acid groups (broad SMARTS) is 1. The second kappa shape index (κ2) is 6.67. The van der Waals surface area contributed by atoms with Crippen LogP contribution in [0.25, 0.3) is 0 Å². The lowest BCUT2D eigenvalue weighted by Crippen LogP contribution is -2.54. The summed E-state index contributed by atoms with van der Waals surface area (Å²) in [6.45, 7) is 0. The third-order valence-corrected chi connectivity index (χ3v) is 4.44. The number of benzene rings is 1. The number of carbonyl (C=O) groups is 2. The van der Waals surface area contributed by atoms with Crippen LogP contribution < -0.4 is 5.32 Å². The van der Waals surface area contributed by atoms with E-state index in [-0.39, 0.29) is 10.6 Å². The van der Waals surface area contributed by atoms with Crippen LogP contribution in [0.4, 0.5) is 0 Å². The van der Waals surface area contributed by atoms with Gasteiger partial charge in [0.25, 0.3) is 5.91 Å². The first-order chi connectivity index (χ1) is 9.94. The number of aliphatic carboxylic acids is 1. The van der Waals surface area contributed by atoms with E-state index in [4.69, 9.17) is 23.2 Å². The first-order valence-corrected chi connectivity index (χ1v) is 7.71. The van der Waals surface area contributed by atoms with Gasteiger partial charge in [0, 0.05) is 5.02 Å². The summed E-state index contributed by atoms with van der Waals surface area (Å²) in [5.41, 5.74) is -0.956. The topological polar surface area (TPSA) is 66.4 Å². The van der Waals surface area contributed by atoms with Gasteiger partial charge < -0.3 is 10.4 Å². The highest BCUT2D eigenvalue weighted by Crippen LogP contribution is 2.29. The molecule has 0 aromatic heterocycles. The molecule has 1 amide bonds. The van der Waals surface area contributed by atoms with Crippen LogP contribution in [0, 0.1) is 0 Å². The Morgan fingerprint density at radius 3 is 2.24 bits per heavy atom. The molecule has 4 nitrogen and oxygen atoms in total. The second-order valence-corrected chi connectivity index (χ2v) is 6.22. The van der Waals surface area contributed by atoms with E-state index in [0.717, 1.165) is 25.7 Å². The molecule has 1 saturated carbocycles. The lowest BCUT2D eigenvalue weighted by atomic mass is 9.90. The lowest BCUT2D eigenvalue weighted by Gasteiger charge is -2.29. The van der Waals surface area contributed by atoms with E-state index in [1.807, 2.05) is 0 Å². The Bertz CT molecular complexity index is 552. The van der Waals surface area contributed by atoms with Gasteiger partial charge in [-0.15, -0.1) is 0 Å². The van der Waals surface area contributed by atoms with E-state index in [0.29, 0.717) is 17.9 Å². The molecular weight excluding hydrogens is 313 g/mol. The maximum atomic E-state index is 12.4. The van der Waals surface area contributed by atoms with Gasteiger partial charge in [-0.25, -0.2) is 4.79 Å². The van der Waals surface area contributed by atoms with Crippen LogP contribution in [-0.2, 0) is 4.79 Å². The van der Waals surface area contributed by atoms with Crippen LogP contribution in [0.2, 0.25) is 10.0 Å². The van der Waals surface area contributed by atoms with Crippen LogP contribution >= 0.6 is 23.2 Å². The molecule has 0 aliphatic heterocycles. The smallest absolute Gasteiger partial charge is 0.329 e. The predicted octanol–water partition coefficient (Wildman–Crippen LogP) is 3.90. The van der Waals surface area contributed by atoms with Gasteiger partial charge in [-0.2, -0.15) is 0 Å². The Kier molecular flexibility index (Phi) is 5.12. The Balaban J connectivity index is 2.24. The van der Waals surface area contributed by atoms with Crippen LogP contribution in [0.3, 0.4) is 0 Å². The number of rotatable bonds is 3. The molecule has 0 saturated heterocycles. The van der Waals surface area contributed by atoms with Gasteiger partial charge in [0.15, 0.2) is 0 Å². The lowest BCUT2D eigenvalue weighted by molar-refractivity contribution is -0.145. The van der Waals surface area contributed by atoms with Crippen molar-refractivity contribution in [2.24, 2.45) is 0 Å². The maximum absolute atomic E-state index is 12.4. The number of hydrogen-bond donors (Lipinski definition) is 2. The molecule has 1 fully saturated rings. The molecule has 21 heavy (non-hydrogen) atoms. The second-order valence-electron chi connectivity index (χ2n) is 5.38. The molecule has 2 rings (SSSR count). The summed E-state index contributed by atoms with van der Waals surface area (Å²) in [7, 11) is 0. The molecule has 0 heterocycles. The largest absolute Gasteiger partial charge is 0.480 e. The Hall–Kier alpha value is -1.26. The van der Waals surface area contributed by atoms with Gasteiger partial charge in [0.1, 0.15) is 5.54 Å². The maximum Gasteiger partial charge on any atom is 0.329 e. The minimum atomic E-state index is -1.20. The zero-order chi connectivity index (χ0) is 15.5. The van der Waals surface area contributed by atoms with E-state index in [2.05, 4.69) is 5.32 Å². The van der Waals surface area contributed by atoms with Crippen LogP contribution in [-0.4, -0.2) is 22.5 Å². The van der Waals surface area contributed by atoms with Gasteiger partial charge >= 0.3 is 5.97 Å². The number of nitrogens with one attached hydrogen (secondary N) is 1. The fourth-order valence-corrected chi connectivity index (χ4v) is 3.18. The van der Waals surface area contributed by atoms with E-state index >= 15 is 0 Å². The molecule has 1 aromatic carbocycles. The number of carbonyl (C=O) groups excluding carboxylic acids is 1. The zero-order valence-electron chi connectivity index (χ0n) is 11.5. The molecule has 1 aromatic rings. The normalized spacial score (nSPS) is 17.8. The van der Waals surface area contributed by atoms with Crippen molar-refractivity contribution >= 4 is 35.1 Å². The third-order valence-electron chi connectivity index (χ3n) is 3.90. The average molecular weight is 330 g/mol. The monoisotopic (exact) mass is 329 g/mol. The number of halogens is 2. The molecule has 114 valence electrons. The molecule has 1 aliphatic rings. The molecule has 0 spiro atoms. The highest BCUT2D eigenvalue weighted by molar-refractivity contribution is 6.36. The van der Waals surface area contributed by atoms with Gasteiger partial charge in [0.2, 0.25) is 0 Å². The fraction of sp³-hybridized carbons (Fsp3) is 0.467. The molecule has 0 atom stereocenters.